The second-order valence-electron chi connectivity index (χ2n) is 3.91. The molecule has 0 atom stereocenters. The molecule has 3 nitrogen and oxygen atoms in total. The second kappa shape index (κ2) is 5.79. The van der Waals surface area contributed by atoms with Gasteiger partial charge in [0.15, 0.2) is 5.75 Å². The van der Waals surface area contributed by atoms with Crippen molar-refractivity contribution < 1.29 is 5.11 Å². The topological polar surface area (TPSA) is 38.1 Å². The van der Waals surface area contributed by atoms with Gasteiger partial charge in [-0.2, -0.15) is 5.10 Å². The van der Waals surface area contributed by atoms with Gasteiger partial charge in [-0.25, -0.2) is 0 Å². The zero-order valence-electron chi connectivity index (χ0n) is 10.1. The molecule has 3 heteroatoms. The number of aromatic nitrogens is 2. The molecule has 0 aliphatic rings. The smallest absolute Gasteiger partial charge is 0.160 e. The van der Waals surface area contributed by atoms with Crippen molar-refractivity contribution in [1.29, 1.82) is 0 Å². The van der Waals surface area contributed by atoms with Crippen LogP contribution in [0.5, 0.6) is 5.75 Å². The van der Waals surface area contributed by atoms with E-state index in [0.29, 0.717) is 5.75 Å². The molecular formula is C12H22N2O. The molecule has 0 aliphatic carbocycles. The van der Waals surface area contributed by atoms with E-state index in [-0.39, 0.29) is 0 Å². The average molecular weight is 210 g/mol. The lowest BCUT2D eigenvalue weighted by atomic mass is 10.1. The SMILES string of the molecule is CCCCc1c(O)c(CCC)nn1CC. The van der Waals surface area contributed by atoms with Crippen molar-refractivity contribution in [3.05, 3.63) is 11.4 Å². The summed E-state index contributed by atoms with van der Waals surface area (Å²) in [4.78, 5) is 0. The number of nitrogens with zero attached hydrogens (tertiary/aromatic N) is 2. The van der Waals surface area contributed by atoms with Gasteiger partial charge in [-0.1, -0.05) is 26.7 Å². The monoisotopic (exact) mass is 210 g/mol. The molecule has 0 amide bonds. The normalized spacial score (nSPS) is 10.9. The molecule has 0 radical (unpaired) electrons. The van der Waals surface area contributed by atoms with Gasteiger partial charge in [0.05, 0.1) is 5.69 Å². The third-order valence-corrected chi connectivity index (χ3v) is 2.65. The van der Waals surface area contributed by atoms with Crippen molar-refractivity contribution in [3.63, 3.8) is 0 Å². The quantitative estimate of drug-likeness (QED) is 0.784. The van der Waals surface area contributed by atoms with Crippen LogP contribution in [0, 0.1) is 0 Å². The molecule has 1 N–H and O–H groups in total. The first-order valence-corrected chi connectivity index (χ1v) is 6.02. The Labute approximate surface area is 92.1 Å². The fourth-order valence-corrected chi connectivity index (χ4v) is 1.80. The molecular weight excluding hydrogens is 188 g/mol. The highest BCUT2D eigenvalue weighted by Gasteiger charge is 2.14. The lowest BCUT2D eigenvalue weighted by Crippen LogP contribution is -2.02. The summed E-state index contributed by atoms with van der Waals surface area (Å²) in [5.41, 5.74) is 1.88. The Morgan fingerprint density at radius 1 is 1.13 bits per heavy atom. The molecule has 1 aromatic heterocycles. The van der Waals surface area contributed by atoms with Crippen LogP contribution in [0.1, 0.15) is 51.4 Å². The standard InChI is InChI=1S/C12H22N2O/c1-4-7-9-11-12(15)10(8-5-2)13-14(11)6-3/h15H,4-9H2,1-3H3. The van der Waals surface area contributed by atoms with Gasteiger partial charge in [-0.05, 0) is 26.2 Å². The summed E-state index contributed by atoms with van der Waals surface area (Å²) in [7, 11) is 0. The predicted octanol–water partition coefficient (Wildman–Crippen LogP) is 2.90. The largest absolute Gasteiger partial charge is 0.504 e. The molecule has 15 heavy (non-hydrogen) atoms. The van der Waals surface area contributed by atoms with Crippen molar-refractivity contribution in [3.8, 4) is 5.75 Å². The van der Waals surface area contributed by atoms with E-state index in [1.165, 1.54) is 0 Å². The van der Waals surface area contributed by atoms with E-state index >= 15 is 0 Å². The van der Waals surface area contributed by atoms with Crippen LogP contribution in [0.15, 0.2) is 0 Å². The molecule has 0 aliphatic heterocycles. The summed E-state index contributed by atoms with van der Waals surface area (Å²) in [6, 6.07) is 0. The number of hydrogen-bond acceptors (Lipinski definition) is 2. The van der Waals surface area contributed by atoms with Gasteiger partial charge >= 0.3 is 0 Å². The number of rotatable bonds is 6. The molecule has 1 heterocycles. The number of aryl methyl sites for hydroxylation is 2. The van der Waals surface area contributed by atoms with E-state index < -0.39 is 0 Å². The minimum Gasteiger partial charge on any atom is -0.504 e. The first-order valence-electron chi connectivity index (χ1n) is 6.02. The van der Waals surface area contributed by atoms with Crippen LogP contribution in [-0.2, 0) is 19.4 Å². The second-order valence-corrected chi connectivity index (χ2v) is 3.91. The van der Waals surface area contributed by atoms with Crippen LogP contribution in [0.2, 0.25) is 0 Å². The summed E-state index contributed by atoms with van der Waals surface area (Å²) in [6.45, 7) is 7.18. The Kier molecular flexibility index (Phi) is 4.66. The van der Waals surface area contributed by atoms with Crippen LogP contribution >= 0.6 is 0 Å². The predicted molar refractivity (Wildman–Crippen MR) is 62.2 cm³/mol. The van der Waals surface area contributed by atoms with Crippen LogP contribution in [0.3, 0.4) is 0 Å². The van der Waals surface area contributed by atoms with Gasteiger partial charge < -0.3 is 5.11 Å². The fraction of sp³-hybridized carbons (Fsp3) is 0.750. The summed E-state index contributed by atoms with van der Waals surface area (Å²) in [6.07, 6.45) is 5.11. The Morgan fingerprint density at radius 3 is 2.40 bits per heavy atom. The summed E-state index contributed by atoms with van der Waals surface area (Å²) >= 11 is 0. The maximum atomic E-state index is 10.0. The van der Waals surface area contributed by atoms with E-state index in [9.17, 15) is 5.11 Å². The summed E-state index contributed by atoms with van der Waals surface area (Å²) in [5, 5.41) is 14.5. The number of aromatic hydroxyl groups is 1. The first-order chi connectivity index (χ1) is 7.24. The maximum absolute atomic E-state index is 10.0. The Hall–Kier alpha value is -0.990. The minimum absolute atomic E-state index is 0.437. The van der Waals surface area contributed by atoms with Crippen molar-refractivity contribution in [2.24, 2.45) is 0 Å². The van der Waals surface area contributed by atoms with Gasteiger partial charge in [-0.3, -0.25) is 4.68 Å². The van der Waals surface area contributed by atoms with Crippen molar-refractivity contribution in [2.45, 2.75) is 59.4 Å². The van der Waals surface area contributed by atoms with Gasteiger partial charge in [0.25, 0.3) is 0 Å². The number of hydrogen-bond donors (Lipinski definition) is 1. The maximum Gasteiger partial charge on any atom is 0.160 e. The highest BCUT2D eigenvalue weighted by Crippen LogP contribution is 2.24. The minimum atomic E-state index is 0.437. The third-order valence-electron chi connectivity index (χ3n) is 2.65. The van der Waals surface area contributed by atoms with Gasteiger partial charge in [0.1, 0.15) is 5.69 Å². The molecule has 0 spiro atoms. The van der Waals surface area contributed by atoms with Crippen molar-refractivity contribution >= 4 is 0 Å². The summed E-state index contributed by atoms with van der Waals surface area (Å²) in [5.74, 6) is 0.437. The van der Waals surface area contributed by atoms with Crippen LogP contribution in [-0.4, -0.2) is 14.9 Å². The average Bonchev–Trinajstić information content (AvgIpc) is 2.54. The van der Waals surface area contributed by atoms with Crippen LogP contribution in [0.4, 0.5) is 0 Å². The highest BCUT2D eigenvalue weighted by molar-refractivity contribution is 5.32. The van der Waals surface area contributed by atoms with Crippen LogP contribution in [0.25, 0.3) is 0 Å². The fourth-order valence-electron chi connectivity index (χ4n) is 1.80. The van der Waals surface area contributed by atoms with Crippen molar-refractivity contribution in [2.75, 3.05) is 0 Å². The molecule has 1 rings (SSSR count). The first kappa shape index (κ1) is 12.1. The zero-order valence-corrected chi connectivity index (χ0v) is 10.1. The summed E-state index contributed by atoms with van der Waals surface area (Å²) < 4.78 is 1.94. The molecule has 1 aromatic rings. The van der Waals surface area contributed by atoms with E-state index in [2.05, 4.69) is 25.9 Å². The molecule has 86 valence electrons. The van der Waals surface area contributed by atoms with E-state index in [1.807, 2.05) is 4.68 Å². The van der Waals surface area contributed by atoms with Gasteiger partial charge in [-0.15, -0.1) is 0 Å². The van der Waals surface area contributed by atoms with E-state index in [0.717, 1.165) is 50.0 Å². The van der Waals surface area contributed by atoms with E-state index in [1.54, 1.807) is 0 Å². The lowest BCUT2D eigenvalue weighted by Gasteiger charge is -2.03. The number of unbranched alkanes of at least 4 members (excludes halogenated alkanes) is 1. The molecule has 0 saturated carbocycles. The van der Waals surface area contributed by atoms with Gasteiger partial charge in [0, 0.05) is 6.54 Å². The Balaban J connectivity index is 2.89. The molecule has 0 saturated heterocycles. The molecule has 0 bridgehead atoms. The molecule has 0 fully saturated rings. The molecule has 0 unspecified atom stereocenters. The van der Waals surface area contributed by atoms with Gasteiger partial charge in [0.2, 0.25) is 0 Å². The lowest BCUT2D eigenvalue weighted by molar-refractivity contribution is 0.456. The van der Waals surface area contributed by atoms with E-state index in [4.69, 9.17) is 0 Å². The highest BCUT2D eigenvalue weighted by atomic mass is 16.3. The molecule has 0 aromatic carbocycles. The van der Waals surface area contributed by atoms with Crippen molar-refractivity contribution in [1.82, 2.24) is 9.78 Å². The van der Waals surface area contributed by atoms with Crippen LogP contribution < -0.4 is 0 Å². The Morgan fingerprint density at radius 2 is 1.87 bits per heavy atom. The third kappa shape index (κ3) is 2.74. The Bertz CT molecular complexity index is 305. The zero-order chi connectivity index (χ0) is 11.3.